The summed E-state index contributed by atoms with van der Waals surface area (Å²) >= 11 is 0. The lowest BCUT2D eigenvalue weighted by Crippen LogP contribution is -1.71. The van der Waals surface area contributed by atoms with Gasteiger partial charge >= 0.3 is 0 Å². The predicted molar refractivity (Wildman–Crippen MR) is 36.6 cm³/mol. The first-order valence-corrected chi connectivity index (χ1v) is 3.15. The van der Waals surface area contributed by atoms with Gasteiger partial charge in [0, 0.05) is 6.92 Å². The fraction of sp³-hybridized carbons (Fsp3) is 0.167. The van der Waals surface area contributed by atoms with Gasteiger partial charge in [0.15, 0.2) is 11.7 Å². The van der Waals surface area contributed by atoms with Gasteiger partial charge in [-0.15, -0.1) is 0 Å². The van der Waals surface area contributed by atoms with Crippen molar-refractivity contribution in [1.82, 2.24) is 20.4 Å². The highest BCUT2D eigenvalue weighted by molar-refractivity contribution is 5.47. The molecule has 0 atom stereocenters. The fourth-order valence-corrected chi connectivity index (χ4v) is 0.800. The maximum atomic E-state index is 5.19. The Hall–Kier alpha value is -1.65. The van der Waals surface area contributed by atoms with Crippen LogP contribution in [0.4, 0.5) is 0 Å². The third kappa shape index (κ3) is 1.000. The number of aryl methyl sites for hydroxylation is 1. The molecule has 0 aliphatic carbocycles. The molecule has 2 aromatic rings. The average Bonchev–Trinajstić information content (AvgIpc) is 2.55. The van der Waals surface area contributed by atoms with Crippen LogP contribution in [0.2, 0.25) is 0 Å². The molecule has 0 bridgehead atoms. The number of aromatic amines is 1. The fourth-order valence-electron chi connectivity index (χ4n) is 0.800. The van der Waals surface area contributed by atoms with Gasteiger partial charge in [-0.2, -0.15) is 15.4 Å². The summed E-state index contributed by atoms with van der Waals surface area (Å²) in [4.78, 5) is 3.92. The van der Waals surface area contributed by atoms with Gasteiger partial charge in [-0.25, -0.2) is 4.98 Å². The summed E-state index contributed by atoms with van der Waals surface area (Å²) in [5, 5.41) is 9.96. The molecule has 2 heterocycles. The summed E-state index contributed by atoms with van der Waals surface area (Å²) in [6.45, 7) is 1.78. The van der Waals surface area contributed by atoms with E-state index in [4.69, 9.17) is 4.42 Å². The summed E-state index contributed by atoms with van der Waals surface area (Å²) in [5.74, 6) is 1.26. The molecule has 2 rings (SSSR count). The monoisotopic (exact) mass is 150 g/mol. The van der Waals surface area contributed by atoms with Gasteiger partial charge in [-0.05, 0) is 0 Å². The van der Waals surface area contributed by atoms with Crippen molar-refractivity contribution in [2.45, 2.75) is 6.92 Å². The van der Waals surface area contributed by atoms with Crippen molar-refractivity contribution in [3.05, 3.63) is 18.3 Å². The van der Waals surface area contributed by atoms with Crippen molar-refractivity contribution in [2.24, 2.45) is 0 Å². The second-order valence-electron chi connectivity index (χ2n) is 2.10. The molecule has 1 N–H and O–H groups in total. The van der Waals surface area contributed by atoms with Gasteiger partial charge in [-0.3, -0.25) is 0 Å². The van der Waals surface area contributed by atoms with E-state index >= 15 is 0 Å². The van der Waals surface area contributed by atoms with E-state index in [-0.39, 0.29) is 0 Å². The Morgan fingerprint density at radius 2 is 2.36 bits per heavy atom. The largest absolute Gasteiger partial charge is 0.439 e. The lowest BCUT2D eigenvalue weighted by atomic mass is 10.4. The molecule has 2 aromatic heterocycles. The number of rotatable bonds is 1. The highest BCUT2D eigenvalue weighted by Crippen LogP contribution is 2.14. The van der Waals surface area contributed by atoms with Crippen LogP contribution in [-0.4, -0.2) is 20.4 Å². The van der Waals surface area contributed by atoms with Crippen molar-refractivity contribution in [3.63, 3.8) is 0 Å². The molecule has 0 radical (unpaired) electrons. The van der Waals surface area contributed by atoms with Gasteiger partial charge in [0.25, 0.3) is 0 Å². The topological polar surface area (TPSA) is 67.6 Å². The molecule has 0 fully saturated rings. The minimum Gasteiger partial charge on any atom is -0.439 e. The Bertz CT molecular complexity index is 337. The van der Waals surface area contributed by atoms with Crippen molar-refractivity contribution >= 4 is 0 Å². The number of oxazole rings is 1. The second kappa shape index (κ2) is 2.19. The summed E-state index contributed by atoms with van der Waals surface area (Å²) in [6.07, 6.45) is 3.20. The molecule has 0 saturated carbocycles. The van der Waals surface area contributed by atoms with E-state index in [1.807, 2.05) is 0 Å². The van der Waals surface area contributed by atoms with Gasteiger partial charge in [0.05, 0.1) is 12.4 Å². The summed E-state index contributed by atoms with van der Waals surface area (Å²) in [5.41, 5.74) is 0.672. The summed E-state index contributed by atoms with van der Waals surface area (Å²) in [7, 11) is 0. The predicted octanol–water partition coefficient (Wildman–Crippen LogP) is 0.768. The van der Waals surface area contributed by atoms with Crippen LogP contribution in [0.15, 0.2) is 16.8 Å². The number of hydrogen-bond donors (Lipinski definition) is 1. The van der Waals surface area contributed by atoms with E-state index in [1.165, 1.54) is 0 Å². The molecule has 0 aromatic carbocycles. The molecular weight excluding hydrogens is 144 g/mol. The average molecular weight is 150 g/mol. The normalized spacial score (nSPS) is 10.3. The maximum Gasteiger partial charge on any atom is 0.191 e. The van der Waals surface area contributed by atoms with E-state index in [2.05, 4.69) is 20.4 Å². The third-order valence-electron chi connectivity index (χ3n) is 1.29. The van der Waals surface area contributed by atoms with Crippen molar-refractivity contribution in [1.29, 1.82) is 0 Å². The molecule has 0 saturated heterocycles. The van der Waals surface area contributed by atoms with Gasteiger partial charge < -0.3 is 4.42 Å². The summed E-state index contributed by atoms with van der Waals surface area (Å²) < 4.78 is 5.19. The van der Waals surface area contributed by atoms with Gasteiger partial charge in [-0.1, -0.05) is 0 Å². The zero-order valence-corrected chi connectivity index (χ0v) is 5.90. The molecule has 5 nitrogen and oxygen atoms in total. The van der Waals surface area contributed by atoms with Crippen LogP contribution in [0.3, 0.4) is 0 Å². The van der Waals surface area contributed by atoms with E-state index in [0.29, 0.717) is 17.3 Å². The van der Waals surface area contributed by atoms with Crippen LogP contribution in [-0.2, 0) is 0 Å². The van der Waals surface area contributed by atoms with Crippen molar-refractivity contribution in [3.8, 4) is 11.5 Å². The molecule has 0 aliphatic rings. The standard InChI is InChI=1S/C6H6N4O/c1-4-7-3-6(11-4)5-2-8-10-9-5/h2-3H,1H3,(H,8,9,10). The first kappa shape index (κ1) is 6.09. The number of hydrogen-bond acceptors (Lipinski definition) is 4. The van der Waals surface area contributed by atoms with Crippen molar-refractivity contribution in [2.75, 3.05) is 0 Å². The number of nitrogens with zero attached hydrogens (tertiary/aromatic N) is 3. The van der Waals surface area contributed by atoms with Crippen LogP contribution in [0.1, 0.15) is 5.89 Å². The number of aromatic nitrogens is 4. The quantitative estimate of drug-likeness (QED) is 0.651. The molecule has 0 aliphatic heterocycles. The Morgan fingerprint density at radius 1 is 1.45 bits per heavy atom. The molecular formula is C6H6N4O. The lowest BCUT2D eigenvalue weighted by molar-refractivity contribution is 0.532. The van der Waals surface area contributed by atoms with Crippen LogP contribution in [0.5, 0.6) is 0 Å². The minimum absolute atomic E-state index is 0.628. The Kier molecular flexibility index (Phi) is 1.21. The smallest absolute Gasteiger partial charge is 0.191 e. The van der Waals surface area contributed by atoms with Crippen LogP contribution in [0.25, 0.3) is 11.5 Å². The first-order valence-electron chi connectivity index (χ1n) is 3.15. The van der Waals surface area contributed by atoms with Crippen LogP contribution in [0, 0.1) is 6.92 Å². The van der Waals surface area contributed by atoms with Gasteiger partial charge in [0.2, 0.25) is 0 Å². The first-order chi connectivity index (χ1) is 5.36. The maximum absolute atomic E-state index is 5.19. The zero-order chi connectivity index (χ0) is 7.68. The molecule has 11 heavy (non-hydrogen) atoms. The highest BCUT2D eigenvalue weighted by Gasteiger charge is 2.04. The van der Waals surface area contributed by atoms with E-state index in [0.717, 1.165) is 0 Å². The van der Waals surface area contributed by atoms with Crippen molar-refractivity contribution < 1.29 is 4.42 Å². The van der Waals surface area contributed by atoms with E-state index in [9.17, 15) is 0 Å². The summed E-state index contributed by atoms with van der Waals surface area (Å²) in [6, 6.07) is 0. The molecule has 0 amide bonds. The number of nitrogens with one attached hydrogen (secondary N) is 1. The molecule has 0 unspecified atom stereocenters. The molecule has 56 valence electrons. The number of H-pyrrole nitrogens is 1. The second-order valence-corrected chi connectivity index (χ2v) is 2.10. The van der Waals surface area contributed by atoms with E-state index in [1.54, 1.807) is 19.3 Å². The minimum atomic E-state index is 0.628. The van der Waals surface area contributed by atoms with Crippen LogP contribution < -0.4 is 0 Å². The lowest BCUT2D eigenvalue weighted by Gasteiger charge is -1.82. The van der Waals surface area contributed by atoms with Crippen LogP contribution >= 0.6 is 0 Å². The Labute approximate surface area is 62.5 Å². The highest BCUT2D eigenvalue weighted by atomic mass is 16.4. The molecule has 5 heteroatoms. The third-order valence-corrected chi connectivity index (χ3v) is 1.29. The Morgan fingerprint density at radius 3 is 2.91 bits per heavy atom. The zero-order valence-electron chi connectivity index (χ0n) is 5.90. The SMILES string of the molecule is Cc1ncc(-c2cn[nH]n2)o1. The Balaban J connectivity index is 2.45. The van der Waals surface area contributed by atoms with Gasteiger partial charge in [0.1, 0.15) is 5.69 Å². The molecule has 0 spiro atoms. The van der Waals surface area contributed by atoms with E-state index < -0.39 is 0 Å².